The van der Waals surface area contributed by atoms with Gasteiger partial charge in [0, 0.05) is 18.2 Å². The molecule has 14 nitrogen and oxygen atoms in total. The molecule has 0 aromatic heterocycles. The van der Waals surface area contributed by atoms with E-state index in [1.54, 1.807) is 72.8 Å². The van der Waals surface area contributed by atoms with Crippen LogP contribution in [0, 0.1) is 0 Å². The lowest BCUT2D eigenvalue weighted by Crippen LogP contribution is -2.15. The average Bonchev–Trinajstić information content (AvgIpc) is 3.32. The van der Waals surface area contributed by atoms with Crippen LogP contribution in [0.4, 0.5) is 0 Å². The van der Waals surface area contributed by atoms with Gasteiger partial charge in [-0.05, 0) is 84.9 Å². The van der Waals surface area contributed by atoms with E-state index in [0.717, 1.165) is 25.3 Å². The Labute approximate surface area is 364 Å². The van der Waals surface area contributed by atoms with Gasteiger partial charge in [-0.2, -0.15) is 0 Å². The smallest absolute Gasteiger partial charge is 0.343 e. The van der Waals surface area contributed by atoms with Crippen LogP contribution in [0.2, 0.25) is 0 Å². The summed E-state index contributed by atoms with van der Waals surface area (Å²) in [5.41, 5.74) is 0.0791. The van der Waals surface area contributed by atoms with E-state index in [2.05, 4.69) is 0 Å². The van der Waals surface area contributed by atoms with Gasteiger partial charge < -0.3 is 33.2 Å². The minimum atomic E-state index is -1.08. The third-order valence-corrected chi connectivity index (χ3v) is 8.83. The van der Waals surface area contributed by atoms with Gasteiger partial charge in [0.05, 0.1) is 46.1 Å². The van der Waals surface area contributed by atoms with Crippen LogP contribution < -0.4 is 28.4 Å². The van der Waals surface area contributed by atoms with Crippen LogP contribution in [0.15, 0.2) is 176 Å². The van der Waals surface area contributed by atoms with Crippen molar-refractivity contribution in [2.24, 2.45) is 0 Å². The summed E-state index contributed by atoms with van der Waals surface area (Å²) >= 11 is 0. The van der Waals surface area contributed by atoms with Gasteiger partial charge in [-0.1, -0.05) is 72.8 Å². The van der Waals surface area contributed by atoms with Gasteiger partial charge in [0.15, 0.2) is 0 Å². The highest BCUT2D eigenvalue weighted by Gasteiger charge is 2.22. The van der Waals surface area contributed by atoms with Gasteiger partial charge in [-0.15, -0.1) is 0 Å². The molecule has 0 N–H and O–H groups in total. The predicted molar refractivity (Wildman–Crippen MR) is 226 cm³/mol. The number of rotatable bonds is 13. The van der Waals surface area contributed by atoms with Crippen LogP contribution in [-0.2, 0) is 4.74 Å². The highest BCUT2D eigenvalue weighted by Crippen LogP contribution is 2.30. The highest BCUT2D eigenvalue weighted by molar-refractivity contribution is 5.98. The number of ether oxygens (including phenoxy) is 7. The molecule has 0 amide bonds. The van der Waals surface area contributed by atoms with Crippen molar-refractivity contribution in [1.82, 2.24) is 0 Å². The summed E-state index contributed by atoms with van der Waals surface area (Å²) in [5.74, 6) is -7.48. The Hall–Kier alpha value is -9.17. The number of carbonyl (C=O) groups excluding carboxylic acids is 7. The van der Waals surface area contributed by atoms with E-state index in [1.165, 1.54) is 84.9 Å². The molecule has 0 bridgehead atoms. The third kappa shape index (κ3) is 11.1. The fourth-order valence-electron chi connectivity index (χ4n) is 5.83. The molecule has 0 unspecified atom stereocenters. The number of benzene rings is 7. The first-order valence-electron chi connectivity index (χ1n) is 19.1. The molecule has 7 aromatic carbocycles. The molecule has 64 heavy (non-hydrogen) atoms. The first-order chi connectivity index (χ1) is 31.0. The lowest BCUT2D eigenvalue weighted by Gasteiger charge is -2.13. The second-order valence-electron chi connectivity index (χ2n) is 13.4. The molecule has 0 spiro atoms. The van der Waals surface area contributed by atoms with Crippen LogP contribution >= 0.6 is 0 Å². The Bertz CT molecular complexity index is 2550. The highest BCUT2D eigenvalue weighted by atomic mass is 16.6. The van der Waals surface area contributed by atoms with E-state index in [1.807, 2.05) is 0 Å². The number of esters is 7. The molecule has 0 saturated heterocycles. The van der Waals surface area contributed by atoms with Gasteiger partial charge in [0.1, 0.15) is 34.5 Å². The van der Waals surface area contributed by atoms with Crippen LogP contribution in [0.25, 0.3) is 0 Å². The topological polar surface area (TPSA) is 184 Å². The number of hydrogen-bond acceptors (Lipinski definition) is 14. The minimum absolute atomic E-state index is 0.178. The van der Waals surface area contributed by atoms with Gasteiger partial charge in [-0.25, -0.2) is 33.6 Å². The van der Waals surface area contributed by atoms with E-state index in [4.69, 9.17) is 33.2 Å². The van der Waals surface area contributed by atoms with Gasteiger partial charge >= 0.3 is 41.8 Å². The average molecular weight is 857 g/mol. The van der Waals surface area contributed by atoms with E-state index in [9.17, 15) is 33.6 Å². The van der Waals surface area contributed by atoms with Crippen LogP contribution in [0.1, 0.15) is 72.5 Å². The van der Waals surface area contributed by atoms with Crippen LogP contribution in [0.5, 0.6) is 34.5 Å². The van der Waals surface area contributed by atoms with Crippen molar-refractivity contribution < 1.29 is 66.7 Å². The molecule has 0 heterocycles. The molecule has 0 atom stereocenters. The molecule has 316 valence electrons. The zero-order valence-electron chi connectivity index (χ0n) is 33.5. The van der Waals surface area contributed by atoms with Crippen molar-refractivity contribution >= 4 is 41.8 Å². The van der Waals surface area contributed by atoms with Gasteiger partial charge in [0.25, 0.3) is 0 Å². The zero-order valence-corrected chi connectivity index (χ0v) is 33.5. The molecule has 0 radical (unpaired) electrons. The first-order valence-corrected chi connectivity index (χ1v) is 19.1. The van der Waals surface area contributed by atoms with Crippen LogP contribution in [0.3, 0.4) is 0 Å². The number of methoxy groups -OCH3 is 1. The molecule has 0 saturated carbocycles. The van der Waals surface area contributed by atoms with E-state index >= 15 is 0 Å². The maximum atomic E-state index is 13.8. The quantitative estimate of drug-likeness (QED) is 0.0792. The third-order valence-electron chi connectivity index (χ3n) is 8.83. The molecule has 7 aromatic rings. The summed E-state index contributed by atoms with van der Waals surface area (Å²) in [5, 5.41) is 0. The summed E-state index contributed by atoms with van der Waals surface area (Å²) in [4.78, 5) is 92.2. The molecule has 14 heteroatoms. The fraction of sp³-hybridized carbons (Fsp3) is 0.0200. The summed E-state index contributed by atoms with van der Waals surface area (Å²) in [6.07, 6.45) is 0. The summed E-state index contributed by atoms with van der Waals surface area (Å²) in [6.45, 7) is 0. The Morgan fingerprint density at radius 3 is 0.641 bits per heavy atom. The standard InChI is InChI=1S/C50H32O14/c1-58-44(51)35-22-38(63-49(56)36-24-40(59-45(52)31-14-6-2-7-15-31)29-41(25-36)60-46(53)32-16-8-3-9-17-32)28-39(23-35)64-50(57)37-26-42(61-47(54)33-18-10-4-11-19-33)30-43(27-37)62-48(55)34-20-12-5-13-21-34/h2-30H,1H3. The van der Waals surface area contributed by atoms with E-state index < -0.39 is 41.8 Å². The Morgan fingerprint density at radius 1 is 0.250 bits per heavy atom. The monoisotopic (exact) mass is 856 g/mol. The molecule has 7 rings (SSSR count). The molecule has 0 aliphatic rings. The summed E-state index contributed by atoms with van der Waals surface area (Å²) in [7, 11) is 1.10. The number of carbonyl (C=O) groups is 7. The lowest BCUT2D eigenvalue weighted by molar-refractivity contribution is 0.0594. The maximum absolute atomic E-state index is 13.8. The zero-order chi connectivity index (χ0) is 45.0. The van der Waals surface area contributed by atoms with Crippen molar-refractivity contribution in [3.05, 3.63) is 215 Å². The maximum Gasteiger partial charge on any atom is 0.343 e. The first kappa shape index (κ1) is 42.9. The normalized spacial score (nSPS) is 10.4. The van der Waals surface area contributed by atoms with Crippen molar-refractivity contribution in [2.75, 3.05) is 7.11 Å². The van der Waals surface area contributed by atoms with Crippen LogP contribution in [-0.4, -0.2) is 48.9 Å². The molecule has 0 aliphatic heterocycles. The predicted octanol–water partition coefficient (Wildman–Crippen LogP) is 8.79. The van der Waals surface area contributed by atoms with Gasteiger partial charge in [0.2, 0.25) is 0 Å². The fourth-order valence-corrected chi connectivity index (χ4v) is 5.83. The second kappa shape index (κ2) is 19.9. The number of hydrogen-bond donors (Lipinski definition) is 0. The summed E-state index contributed by atoms with van der Waals surface area (Å²) in [6, 6.07) is 42.6. The Kier molecular flexibility index (Phi) is 13.4. The molecular weight excluding hydrogens is 825 g/mol. The molecule has 0 fully saturated rings. The van der Waals surface area contributed by atoms with E-state index in [0.29, 0.717) is 0 Å². The van der Waals surface area contributed by atoms with Crippen molar-refractivity contribution in [2.45, 2.75) is 0 Å². The SMILES string of the molecule is COC(=O)c1cc(OC(=O)c2cc(OC(=O)c3ccccc3)cc(OC(=O)c3ccccc3)c2)cc(OC(=O)c2cc(OC(=O)c3ccccc3)cc(OC(=O)c3ccccc3)c2)c1. The van der Waals surface area contributed by atoms with Crippen molar-refractivity contribution in [3.63, 3.8) is 0 Å². The summed E-state index contributed by atoms with van der Waals surface area (Å²) < 4.78 is 38.3. The van der Waals surface area contributed by atoms with Crippen molar-refractivity contribution in [1.29, 1.82) is 0 Å². The van der Waals surface area contributed by atoms with E-state index in [-0.39, 0.29) is 73.4 Å². The lowest BCUT2D eigenvalue weighted by atomic mass is 10.1. The Morgan fingerprint density at radius 2 is 0.438 bits per heavy atom. The molecular formula is C50H32O14. The van der Waals surface area contributed by atoms with Gasteiger partial charge in [-0.3, -0.25) is 0 Å². The Balaban J connectivity index is 1.17. The molecule has 0 aliphatic carbocycles. The minimum Gasteiger partial charge on any atom is -0.465 e. The second-order valence-corrected chi connectivity index (χ2v) is 13.4. The van der Waals surface area contributed by atoms with Crippen molar-refractivity contribution in [3.8, 4) is 34.5 Å². The largest absolute Gasteiger partial charge is 0.465 e.